The first kappa shape index (κ1) is 71.3. The Balaban J connectivity index is 4.36. The molecule has 0 saturated carbocycles. The van der Waals surface area contributed by atoms with Crippen LogP contribution in [0.25, 0.3) is 0 Å². The van der Waals surface area contributed by atoms with E-state index < -0.39 is 6.10 Å². The second-order valence-electron chi connectivity index (χ2n) is 20.9. The third kappa shape index (κ3) is 61.1. The van der Waals surface area contributed by atoms with Gasteiger partial charge in [0.2, 0.25) is 0 Å². The highest BCUT2D eigenvalue weighted by Gasteiger charge is 2.19. The van der Waals surface area contributed by atoms with Gasteiger partial charge >= 0.3 is 17.9 Å². The maximum absolute atomic E-state index is 12.9. The topological polar surface area (TPSA) is 78.9 Å². The van der Waals surface area contributed by atoms with Crippen LogP contribution in [0, 0.1) is 0 Å². The smallest absolute Gasteiger partial charge is 0.306 e. The highest BCUT2D eigenvalue weighted by molar-refractivity contribution is 5.71. The van der Waals surface area contributed by atoms with Crippen LogP contribution in [0.5, 0.6) is 0 Å². The minimum Gasteiger partial charge on any atom is -0.462 e. The predicted molar refractivity (Wildman–Crippen MR) is 325 cm³/mol. The van der Waals surface area contributed by atoms with Crippen LogP contribution >= 0.6 is 0 Å². The minimum absolute atomic E-state index is 0.0881. The van der Waals surface area contributed by atoms with Crippen molar-refractivity contribution in [3.63, 3.8) is 0 Å². The lowest BCUT2D eigenvalue weighted by atomic mass is 10.1. The fourth-order valence-corrected chi connectivity index (χ4v) is 8.79. The quantitative estimate of drug-likeness (QED) is 0.0261. The average Bonchev–Trinajstić information content (AvgIpc) is 3.41. The molecule has 0 aliphatic carbocycles. The van der Waals surface area contributed by atoms with E-state index in [-0.39, 0.29) is 31.1 Å². The largest absolute Gasteiger partial charge is 0.462 e. The zero-order valence-corrected chi connectivity index (χ0v) is 49.3. The van der Waals surface area contributed by atoms with Crippen molar-refractivity contribution in [2.45, 2.75) is 309 Å². The second-order valence-corrected chi connectivity index (χ2v) is 20.9. The highest BCUT2D eigenvalue weighted by atomic mass is 16.6. The molecule has 1 atom stereocenters. The molecule has 430 valence electrons. The van der Waals surface area contributed by atoms with Crippen molar-refractivity contribution in [2.75, 3.05) is 13.2 Å². The summed E-state index contributed by atoms with van der Waals surface area (Å²) in [7, 11) is 0. The van der Waals surface area contributed by atoms with Gasteiger partial charge in [-0.15, -0.1) is 0 Å². The molecule has 0 spiro atoms. The Morgan fingerprint density at radius 2 is 0.520 bits per heavy atom. The van der Waals surface area contributed by atoms with Crippen LogP contribution in [-0.2, 0) is 28.6 Å². The molecule has 0 radical (unpaired) electrons. The third-order valence-corrected chi connectivity index (χ3v) is 13.5. The molecular formula is C69H118O6. The lowest BCUT2D eigenvalue weighted by Gasteiger charge is -2.18. The number of hydrogen-bond acceptors (Lipinski definition) is 6. The molecule has 0 aromatic carbocycles. The van der Waals surface area contributed by atoms with Gasteiger partial charge in [0.1, 0.15) is 13.2 Å². The van der Waals surface area contributed by atoms with Crippen molar-refractivity contribution in [1.82, 2.24) is 0 Å². The third-order valence-electron chi connectivity index (χ3n) is 13.5. The van der Waals surface area contributed by atoms with Crippen LogP contribution in [0.2, 0.25) is 0 Å². The van der Waals surface area contributed by atoms with E-state index in [9.17, 15) is 14.4 Å². The van der Waals surface area contributed by atoms with Gasteiger partial charge in [-0.1, -0.05) is 259 Å². The van der Waals surface area contributed by atoms with E-state index in [0.717, 1.165) is 122 Å². The maximum Gasteiger partial charge on any atom is 0.306 e. The summed E-state index contributed by atoms with van der Waals surface area (Å²) in [6.45, 7) is 6.49. The van der Waals surface area contributed by atoms with Gasteiger partial charge in [0.05, 0.1) is 0 Å². The molecule has 0 bridgehead atoms. The van der Waals surface area contributed by atoms with Crippen LogP contribution < -0.4 is 0 Å². The number of unbranched alkanes of at least 4 members (excludes halogenated alkanes) is 30. The summed E-state index contributed by atoms with van der Waals surface area (Å²) in [6.07, 6.45) is 84.0. The van der Waals surface area contributed by atoms with Gasteiger partial charge in [0.25, 0.3) is 0 Å². The number of carbonyl (C=O) groups excluding carboxylic acids is 3. The number of carbonyl (C=O) groups is 3. The van der Waals surface area contributed by atoms with Crippen LogP contribution in [0.1, 0.15) is 303 Å². The SMILES string of the molecule is CC/C=C\C/C=C\C/C=C\CCCCCCCCCC(=O)OC(COC(=O)CCCCCCC/C=C\C/C=C\CCCCC)COC(=O)CCCCCCCCCCCC/C=C\C/C=C\C/C=C\CCCCCCC. The first-order chi connectivity index (χ1) is 37.0. The van der Waals surface area contributed by atoms with Crippen LogP contribution in [-0.4, -0.2) is 37.2 Å². The molecule has 0 rings (SSSR count). The molecule has 6 nitrogen and oxygen atoms in total. The second kappa shape index (κ2) is 62.9. The fraction of sp³-hybridized carbons (Fsp3) is 0.725. The normalized spacial score (nSPS) is 12.7. The van der Waals surface area contributed by atoms with Crippen LogP contribution in [0.3, 0.4) is 0 Å². The van der Waals surface area contributed by atoms with Gasteiger partial charge in [0, 0.05) is 19.3 Å². The highest BCUT2D eigenvalue weighted by Crippen LogP contribution is 2.15. The van der Waals surface area contributed by atoms with Crippen molar-refractivity contribution >= 4 is 17.9 Å². The molecule has 0 aromatic rings. The molecule has 0 saturated heterocycles. The number of hydrogen-bond donors (Lipinski definition) is 0. The molecule has 0 aliphatic rings. The molecule has 75 heavy (non-hydrogen) atoms. The van der Waals surface area contributed by atoms with Gasteiger partial charge in [-0.25, -0.2) is 0 Å². The number of rotatable bonds is 57. The Hall–Kier alpha value is -3.67. The Kier molecular flexibility index (Phi) is 59.8. The van der Waals surface area contributed by atoms with E-state index >= 15 is 0 Å². The summed E-state index contributed by atoms with van der Waals surface area (Å²) in [5.74, 6) is -0.908. The summed E-state index contributed by atoms with van der Waals surface area (Å²) in [4.78, 5) is 38.3. The van der Waals surface area contributed by atoms with Crippen molar-refractivity contribution < 1.29 is 28.6 Å². The van der Waals surface area contributed by atoms with E-state index in [1.165, 1.54) is 141 Å². The van der Waals surface area contributed by atoms with E-state index in [1.54, 1.807) is 0 Å². The van der Waals surface area contributed by atoms with Gasteiger partial charge in [-0.2, -0.15) is 0 Å². The van der Waals surface area contributed by atoms with E-state index in [2.05, 4.69) is 118 Å². The molecular weight excluding hydrogens is 925 g/mol. The Labute approximate surface area is 464 Å². The maximum atomic E-state index is 12.9. The summed E-state index contributed by atoms with van der Waals surface area (Å²) in [6, 6.07) is 0. The molecule has 0 fully saturated rings. The molecule has 0 aliphatic heterocycles. The summed E-state index contributed by atoms with van der Waals surface area (Å²) >= 11 is 0. The predicted octanol–water partition coefficient (Wildman–Crippen LogP) is 21.7. The van der Waals surface area contributed by atoms with E-state index in [4.69, 9.17) is 14.2 Å². The summed E-state index contributed by atoms with van der Waals surface area (Å²) in [5, 5.41) is 0. The fourth-order valence-electron chi connectivity index (χ4n) is 8.79. The summed E-state index contributed by atoms with van der Waals surface area (Å²) in [5.41, 5.74) is 0. The van der Waals surface area contributed by atoms with Crippen LogP contribution in [0.15, 0.2) is 97.2 Å². The first-order valence-electron chi connectivity index (χ1n) is 31.7. The first-order valence-corrected chi connectivity index (χ1v) is 31.7. The van der Waals surface area contributed by atoms with Gasteiger partial charge < -0.3 is 14.2 Å². The van der Waals surface area contributed by atoms with Gasteiger partial charge in [0.15, 0.2) is 6.10 Å². The molecule has 0 heterocycles. The number of allylic oxidation sites excluding steroid dienone is 16. The summed E-state index contributed by atoms with van der Waals surface area (Å²) < 4.78 is 16.9. The monoisotopic (exact) mass is 1040 g/mol. The van der Waals surface area contributed by atoms with Gasteiger partial charge in [-0.3, -0.25) is 14.4 Å². The standard InChI is InChI=1S/C69H118O6/c1-4-7-10-13-16-19-22-25-28-30-31-32-33-34-35-36-37-39-41-44-47-50-53-56-59-62-68(71)74-65-66(64-73-67(70)61-58-55-52-49-46-43-40-27-24-21-18-15-12-9-6-3)75-69(72)63-60-57-54-51-48-45-42-38-29-26-23-20-17-14-11-8-5-2/h8,11,17-18,20-22,25-27,29-31,33-34,40,66H,4-7,9-10,12-16,19,23-24,28,32,35-39,41-65H2,1-3H3/b11-8-,20-17-,21-18-,25-22-,29-26-,31-30-,34-33-,40-27-. The van der Waals surface area contributed by atoms with Crippen molar-refractivity contribution in [1.29, 1.82) is 0 Å². The van der Waals surface area contributed by atoms with Crippen LogP contribution in [0.4, 0.5) is 0 Å². The lowest BCUT2D eigenvalue weighted by Crippen LogP contribution is -2.30. The van der Waals surface area contributed by atoms with Crippen molar-refractivity contribution in [3.05, 3.63) is 97.2 Å². The van der Waals surface area contributed by atoms with Crippen molar-refractivity contribution in [3.8, 4) is 0 Å². The number of esters is 3. The zero-order chi connectivity index (χ0) is 54.3. The molecule has 0 amide bonds. The lowest BCUT2D eigenvalue weighted by molar-refractivity contribution is -0.167. The Bertz CT molecular complexity index is 1480. The molecule has 0 aromatic heterocycles. The Morgan fingerprint density at radius 1 is 0.280 bits per heavy atom. The van der Waals surface area contributed by atoms with Crippen molar-refractivity contribution in [2.24, 2.45) is 0 Å². The molecule has 1 unspecified atom stereocenters. The molecule has 0 N–H and O–H groups in total. The molecule has 6 heteroatoms. The van der Waals surface area contributed by atoms with E-state index in [1.807, 2.05) is 0 Å². The minimum atomic E-state index is -0.793. The number of ether oxygens (including phenoxy) is 3. The Morgan fingerprint density at radius 3 is 0.840 bits per heavy atom. The zero-order valence-electron chi connectivity index (χ0n) is 49.3. The van der Waals surface area contributed by atoms with Gasteiger partial charge in [-0.05, 0) is 122 Å². The average molecular weight is 1040 g/mol. The van der Waals surface area contributed by atoms with E-state index in [0.29, 0.717) is 19.3 Å².